The Hall–Kier alpha value is -1.96. The summed E-state index contributed by atoms with van der Waals surface area (Å²) in [5.41, 5.74) is 1.42. The zero-order valence-corrected chi connectivity index (χ0v) is 14.7. The minimum Gasteiger partial charge on any atom is -0.383 e. The van der Waals surface area contributed by atoms with Crippen LogP contribution in [0.5, 0.6) is 0 Å². The maximum Gasteiger partial charge on any atom is 0.261 e. The van der Waals surface area contributed by atoms with Gasteiger partial charge in [-0.15, -0.1) is 12.4 Å². The summed E-state index contributed by atoms with van der Waals surface area (Å²) in [6.45, 7) is 4.39. The maximum atomic E-state index is 12.4. The van der Waals surface area contributed by atoms with Gasteiger partial charge in [-0.05, 0) is 18.6 Å². The van der Waals surface area contributed by atoms with Crippen molar-refractivity contribution in [1.29, 1.82) is 0 Å². The standard InChI is InChI=1S/C16H22N4O3.ClH/c1-12-4-3-5-13-15(12)19-11-20(16(13)22)10-14(21)18-7-6-17-8-9-23-2;/h3-5,11,17H,6-10H2,1-2H3,(H,18,21);1H. The van der Waals surface area contributed by atoms with Gasteiger partial charge < -0.3 is 15.4 Å². The van der Waals surface area contributed by atoms with E-state index in [0.29, 0.717) is 30.6 Å². The van der Waals surface area contributed by atoms with Crippen molar-refractivity contribution >= 4 is 29.2 Å². The summed E-state index contributed by atoms with van der Waals surface area (Å²) < 4.78 is 6.24. The predicted molar refractivity (Wildman–Crippen MR) is 95.7 cm³/mol. The Balaban J connectivity index is 0.00000288. The van der Waals surface area contributed by atoms with Crippen LogP contribution in [0.1, 0.15) is 5.56 Å². The van der Waals surface area contributed by atoms with E-state index in [1.807, 2.05) is 19.1 Å². The normalized spacial score (nSPS) is 10.4. The Kier molecular flexibility index (Phi) is 8.39. The SMILES string of the molecule is COCCNCCNC(=O)Cn1cnc2c(C)cccc2c1=O.Cl. The monoisotopic (exact) mass is 354 g/mol. The molecule has 0 spiro atoms. The highest BCUT2D eigenvalue weighted by Crippen LogP contribution is 2.10. The number of rotatable bonds is 8. The fourth-order valence-corrected chi connectivity index (χ4v) is 2.25. The minimum atomic E-state index is -0.213. The van der Waals surface area contributed by atoms with Crippen LogP contribution in [0.2, 0.25) is 0 Å². The molecule has 0 aliphatic carbocycles. The molecule has 0 bridgehead atoms. The Morgan fingerprint density at radius 2 is 2.08 bits per heavy atom. The Morgan fingerprint density at radius 3 is 2.83 bits per heavy atom. The first-order chi connectivity index (χ1) is 11.1. The quantitative estimate of drug-likeness (QED) is 0.673. The molecule has 1 aromatic heterocycles. The third-order valence-corrected chi connectivity index (χ3v) is 3.48. The molecule has 0 atom stereocenters. The summed E-state index contributed by atoms with van der Waals surface area (Å²) in [6, 6.07) is 5.45. The number of ether oxygens (including phenoxy) is 1. The molecule has 2 rings (SSSR count). The first kappa shape index (κ1) is 20.1. The molecule has 0 aliphatic heterocycles. The van der Waals surface area contributed by atoms with E-state index in [1.54, 1.807) is 13.2 Å². The van der Waals surface area contributed by atoms with Crippen molar-refractivity contribution in [3.63, 3.8) is 0 Å². The average molecular weight is 355 g/mol. The second-order valence-electron chi connectivity index (χ2n) is 5.24. The highest BCUT2D eigenvalue weighted by Gasteiger charge is 2.08. The summed E-state index contributed by atoms with van der Waals surface area (Å²) in [5, 5.41) is 6.42. The van der Waals surface area contributed by atoms with Crippen molar-refractivity contribution < 1.29 is 9.53 Å². The van der Waals surface area contributed by atoms with Crippen molar-refractivity contribution in [3.05, 3.63) is 40.4 Å². The molecule has 0 saturated heterocycles. The first-order valence-electron chi connectivity index (χ1n) is 7.54. The summed E-state index contributed by atoms with van der Waals surface area (Å²) >= 11 is 0. The number of aryl methyl sites for hydroxylation is 1. The van der Waals surface area contributed by atoms with Gasteiger partial charge in [0.2, 0.25) is 5.91 Å². The van der Waals surface area contributed by atoms with Crippen LogP contribution in [-0.2, 0) is 16.1 Å². The predicted octanol–water partition coefficient (Wildman–Crippen LogP) is 0.479. The van der Waals surface area contributed by atoms with Crippen molar-refractivity contribution in [3.8, 4) is 0 Å². The lowest BCUT2D eigenvalue weighted by molar-refractivity contribution is -0.121. The van der Waals surface area contributed by atoms with E-state index in [0.717, 1.165) is 12.1 Å². The number of carbonyl (C=O) groups excluding carboxylic acids is 1. The molecule has 1 amide bonds. The minimum absolute atomic E-state index is 0. The molecule has 7 nitrogen and oxygen atoms in total. The van der Waals surface area contributed by atoms with E-state index in [2.05, 4.69) is 15.6 Å². The number of carbonyl (C=O) groups is 1. The van der Waals surface area contributed by atoms with E-state index >= 15 is 0 Å². The topological polar surface area (TPSA) is 85.2 Å². The lowest BCUT2D eigenvalue weighted by Crippen LogP contribution is -2.36. The van der Waals surface area contributed by atoms with Gasteiger partial charge in [-0.1, -0.05) is 12.1 Å². The molecule has 0 fully saturated rings. The molecule has 1 heterocycles. The van der Waals surface area contributed by atoms with Crippen molar-refractivity contribution in [2.24, 2.45) is 0 Å². The van der Waals surface area contributed by atoms with Crippen LogP contribution in [0.25, 0.3) is 10.9 Å². The number of methoxy groups -OCH3 is 1. The molecule has 132 valence electrons. The molecule has 24 heavy (non-hydrogen) atoms. The van der Waals surface area contributed by atoms with Gasteiger partial charge in [0.05, 0.1) is 23.8 Å². The fourth-order valence-electron chi connectivity index (χ4n) is 2.25. The highest BCUT2D eigenvalue weighted by atomic mass is 35.5. The average Bonchev–Trinajstić information content (AvgIpc) is 2.54. The van der Waals surface area contributed by atoms with E-state index in [1.165, 1.54) is 10.9 Å². The Bertz CT molecular complexity index is 733. The summed E-state index contributed by atoms with van der Waals surface area (Å²) in [5.74, 6) is -0.213. The molecule has 2 N–H and O–H groups in total. The third kappa shape index (κ3) is 5.30. The number of nitrogens with zero attached hydrogens (tertiary/aromatic N) is 2. The Morgan fingerprint density at radius 1 is 1.29 bits per heavy atom. The number of hydrogen-bond acceptors (Lipinski definition) is 5. The molecule has 0 radical (unpaired) electrons. The summed E-state index contributed by atoms with van der Waals surface area (Å²) in [7, 11) is 1.64. The molecule has 0 saturated carbocycles. The zero-order chi connectivity index (χ0) is 16.7. The Labute approximate surface area is 146 Å². The first-order valence-corrected chi connectivity index (χ1v) is 7.54. The van der Waals surface area contributed by atoms with Gasteiger partial charge in [-0.2, -0.15) is 0 Å². The highest BCUT2D eigenvalue weighted by molar-refractivity contribution is 5.85. The van der Waals surface area contributed by atoms with Crippen molar-refractivity contribution in [1.82, 2.24) is 20.2 Å². The van der Waals surface area contributed by atoms with Crippen LogP contribution in [0.15, 0.2) is 29.3 Å². The van der Waals surface area contributed by atoms with E-state index in [4.69, 9.17) is 4.74 Å². The lowest BCUT2D eigenvalue weighted by Gasteiger charge is -2.09. The summed E-state index contributed by atoms with van der Waals surface area (Å²) in [6.07, 6.45) is 1.42. The smallest absolute Gasteiger partial charge is 0.261 e. The van der Waals surface area contributed by atoms with Gasteiger partial charge in [0.25, 0.3) is 5.56 Å². The number of nitrogens with one attached hydrogen (secondary N) is 2. The summed E-state index contributed by atoms with van der Waals surface area (Å²) in [4.78, 5) is 28.6. The molecule has 8 heteroatoms. The number of aromatic nitrogens is 2. The van der Waals surface area contributed by atoms with Gasteiger partial charge in [0, 0.05) is 26.7 Å². The maximum absolute atomic E-state index is 12.4. The molecule has 2 aromatic rings. The van der Waals surface area contributed by atoms with Crippen molar-refractivity contribution in [2.45, 2.75) is 13.5 Å². The largest absolute Gasteiger partial charge is 0.383 e. The second-order valence-corrected chi connectivity index (χ2v) is 5.24. The van der Waals surface area contributed by atoms with Crippen LogP contribution < -0.4 is 16.2 Å². The number of hydrogen-bond donors (Lipinski definition) is 2. The van der Waals surface area contributed by atoms with E-state index in [9.17, 15) is 9.59 Å². The molecule has 1 aromatic carbocycles. The number of amides is 1. The number of fused-ring (bicyclic) bond motifs is 1. The van der Waals surface area contributed by atoms with Gasteiger partial charge in [0.1, 0.15) is 6.54 Å². The lowest BCUT2D eigenvalue weighted by atomic mass is 10.1. The number of halogens is 1. The van der Waals surface area contributed by atoms with Crippen LogP contribution in [0, 0.1) is 6.92 Å². The molecule has 0 unspecified atom stereocenters. The fraction of sp³-hybridized carbons (Fsp3) is 0.438. The number of benzene rings is 1. The van der Waals surface area contributed by atoms with Crippen LogP contribution >= 0.6 is 12.4 Å². The van der Waals surface area contributed by atoms with Gasteiger partial charge in [0.15, 0.2) is 0 Å². The molecular weight excluding hydrogens is 332 g/mol. The number of para-hydroxylation sites is 1. The van der Waals surface area contributed by atoms with E-state index < -0.39 is 0 Å². The zero-order valence-electron chi connectivity index (χ0n) is 13.9. The van der Waals surface area contributed by atoms with Gasteiger partial charge >= 0.3 is 0 Å². The van der Waals surface area contributed by atoms with Gasteiger partial charge in [-0.3, -0.25) is 14.2 Å². The van der Waals surface area contributed by atoms with Crippen LogP contribution in [0.4, 0.5) is 0 Å². The van der Waals surface area contributed by atoms with E-state index in [-0.39, 0.29) is 30.4 Å². The third-order valence-electron chi connectivity index (χ3n) is 3.48. The van der Waals surface area contributed by atoms with Crippen molar-refractivity contribution in [2.75, 3.05) is 33.4 Å². The van der Waals surface area contributed by atoms with Gasteiger partial charge in [-0.25, -0.2) is 4.98 Å². The second kappa shape index (κ2) is 10.0. The molecular formula is C16H23ClN4O3. The van der Waals surface area contributed by atoms with Crippen LogP contribution in [-0.4, -0.2) is 48.8 Å². The van der Waals surface area contributed by atoms with Crippen LogP contribution in [0.3, 0.4) is 0 Å². The molecule has 0 aliphatic rings.